The highest BCUT2D eigenvalue weighted by Gasteiger charge is 2.25. The van der Waals surface area contributed by atoms with Crippen LogP contribution in [0.3, 0.4) is 0 Å². The lowest BCUT2D eigenvalue weighted by Crippen LogP contribution is -2.33. The second-order valence-electron chi connectivity index (χ2n) is 6.31. The van der Waals surface area contributed by atoms with Crippen molar-refractivity contribution in [3.05, 3.63) is 58.6 Å². The number of likely N-dealkylation sites (tertiary alicyclic amines) is 1. The van der Waals surface area contributed by atoms with Gasteiger partial charge in [0.25, 0.3) is 0 Å². The van der Waals surface area contributed by atoms with E-state index in [2.05, 4.69) is 55.8 Å². The molecule has 0 spiro atoms. The monoisotopic (exact) mass is 339 g/mol. The molecule has 124 valence electrons. The summed E-state index contributed by atoms with van der Waals surface area (Å²) in [5, 5.41) is 8.58. The largest absolute Gasteiger partial charge is 0.298 e. The Hall–Kier alpha value is -2.05. The minimum Gasteiger partial charge on any atom is -0.298 e. The Morgan fingerprint density at radius 3 is 2.67 bits per heavy atom. The maximum Gasteiger partial charge on any atom is 0.140 e. The van der Waals surface area contributed by atoms with E-state index in [9.17, 15) is 0 Å². The van der Waals surface area contributed by atoms with Gasteiger partial charge in [0.15, 0.2) is 0 Å². The predicted octanol–water partition coefficient (Wildman–Crippen LogP) is 3.41. The summed E-state index contributed by atoms with van der Waals surface area (Å²) in [6.45, 7) is 5.32. The summed E-state index contributed by atoms with van der Waals surface area (Å²) in [6.07, 6.45) is 4.09. The SMILES string of the molecule is Cc1ncsc1CN1CCC(c2nncn2-c2ccccc2)CC1. The lowest BCUT2D eigenvalue weighted by molar-refractivity contribution is 0.202. The number of hydrogen-bond donors (Lipinski definition) is 0. The molecule has 0 N–H and O–H groups in total. The molecule has 0 aliphatic carbocycles. The lowest BCUT2D eigenvalue weighted by Gasteiger charge is -2.31. The molecule has 4 rings (SSSR count). The number of aromatic nitrogens is 4. The quantitative estimate of drug-likeness (QED) is 0.731. The first-order valence-corrected chi connectivity index (χ1v) is 9.26. The molecule has 0 radical (unpaired) electrons. The van der Waals surface area contributed by atoms with Crippen molar-refractivity contribution in [1.82, 2.24) is 24.6 Å². The molecular formula is C18H21N5S. The van der Waals surface area contributed by atoms with Crippen molar-refractivity contribution in [3.8, 4) is 5.69 Å². The summed E-state index contributed by atoms with van der Waals surface area (Å²) >= 11 is 1.76. The Morgan fingerprint density at radius 2 is 1.96 bits per heavy atom. The highest BCUT2D eigenvalue weighted by molar-refractivity contribution is 7.09. The molecule has 0 amide bonds. The van der Waals surface area contributed by atoms with Gasteiger partial charge in [-0.2, -0.15) is 0 Å². The minimum atomic E-state index is 0.478. The summed E-state index contributed by atoms with van der Waals surface area (Å²) in [5.74, 6) is 1.57. The van der Waals surface area contributed by atoms with Gasteiger partial charge in [0.05, 0.1) is 11.2 Å². The van der Waals surface area contributed by atoms with Crippen molar-refractivity contribution in [2.75, 3.05) is 13.1 Å². The molecule has 0 unspecified atom stereocenters. The maximum atomic E-state index is 4.42. The third kappa shape index (κ3) is 3.12. The van der Waals surface area contributed by atoms with Crippen LogP contribution < -0.4 is 0 Å². The second kappa shape index (κ2) is 6.83. The molecule has 1 aliphatic rings. The molecule has 1 aliphatic heterocycles. The van der Waals surface area contributed by atoms with Crippen molar-refractivity contribution in [2.24, 2.45) is 0 Å². The third-order valence-electron chi connectivity index (χ3n) is 4.77. The number of rotatable bonds is 4. The summed E-state index contributed by atoms with van der Waals surface area (Å²) in [5.41, 5.74) is 4.26. The fraction of sp³-hybridized carbons (Fsp3) is 0.389. The highest BCUT2D eigenvalue weighted by atomic mass is 32.1. The lowest BCUT2D eigenvalue weighted by atomic mass is 9.95. The van der Waals surface area contributed by atoms with Crippen molar-refractivity contribution >= 4 is 11.3 Å². The molecule has 6 heteroatoms. The van der Waals surface area contributed by atoms with Crippen LogP contribution in [0.2, 0.25) is 0 Å². The zero-order valence-corrected chi connectivity index (χ0v) is 14.6. The normalized spacial score (nSPS) is 16.5. The van der Waals surface area contributed by atoms with E-state index in [1.807, 2.05) is 17.9 Å². The zero-order chi connectivity index (χ0) is 16.4. The number of hydrogen-bond acceptors (Lipinski definition) is 5. The molecule has 0 atom stereocenters. The standard InChI is InChI=1S/C18H21N5S/c1-14-17(24-13-19-14)11-22-9-7-15(8-10-22)18-21-20-12-23(18)16-5-3-2-4-6-16/h2-6,12-13,15H,7-11H2,1H3. The van der Waals surface area contributed by atoms with Gasteiger partial charge in [-0.1, -0.05) is 18.2 Å². The van der Waals surface area contributed by atoms with Crippen molar-refractivity contribution in [1.29, 1.82) is 0 Å². The van der Waals surface area contributed by atoms with Crippen LogP contribution >= 0.6 is 11.3 Å². The molecule has 24 heavy (non-hydrogen) atoms. The molecule has 2 aromatic heterocycles. The Kier molecular flexibility index (Phi) is 4.40. The molecule has 1 fully saturated rings. The highest BCUT2D eigenvalue weighted by Crippen LogP contribution is 2.29. The van der Waals surface area contributed by atoms with Crippen LogP contribution in [0, 0.1) is 6.92 Å². The topological polar surface area (TPSA) is 46.8 Å². The van der Waals surface area contributed by atoms with E-state index in [1.165, 1.54) is 10.6 Å². The van der Waals surface area contributed by atoms with Crippen LogP contribution in [0.1, 0.15) is 35.2 Å². The van der Waals surface area contributed by atoms with E-state index in [0.29, 0.717) is 5.92 Å². The number of thiazole rings is 1. The van der Waals surface area contributed by atoms with Gasteiger partial charge in [0.2, 0.25) is 0 Å². The Labute approximate surface area is 146 Å². The van der Waals surface area contributed by atoms with Crippen molar-refractivity contribution in [2.45, 2.75) is 32.2 Å². The van der Waals surface area contributed by atoms with Crippen molar-refractivity contribution in [3.63, 3.8) is 0 Å². The van der Waals surface area contributed by atoms with Crippen LogP contribution in [-0.2, 0) is 6.54 Å². The van der Waals surface area contributed by atoms with E-state index >= 15 is 0 Å². The van der Waals surface area contributed by atoms with E-state index in [4.69, 9.17) is 0 Å². The first-order chi connectivity index (χ1) is 11.8. The second-order valence-corrected chi connectivity index (χ2v) is 7.25. The number of piperidine rings is 1. The molecule has 1 saturated heterocycles. The smallest absolute Gasteiger partial charge is 0.140 e. The van der Waals surface area contributed by atoms with Crippen LogP contribution in [0.4, 0.5) is 0 Å². The van der Waals surface area contributed by atoms with Gasteiger partial charge in [-0.05, 0) is 45.0 Å². The Morgan fingerprint density at radius 1 is 1.17 bits per heavy atom. The number of benzene rings is 1. The van der Waals surface area contributed by atoms with Crippen LogP contribution in [0.5, 0.6) is 0 Å². The molecule has 5 nitrogen and oxygen atoms in total. The zero-order valence-electron chi connectivity index (χ0n) is 13.8. The molecule has 0 saturated carbocycles. The van der Waals surface area contributed by atoms with E-state index in [-0.39, 0.29) is 0 Å². The summed E-state index contributed by atoms with van der Waals surface area (Å²) < 4.78 is 2.13. The predicted molar refractivity (Wildman–Crippen MR) is 95.5 cm³/mol. The van der Waals surface area contributed by atoms with E-state index < -0.39 is 0 Å². The summed E-state index contributed by atoms with van der Waals surface area (Å²) in [4.78, 5) is 8.27. The van der Waals surface area contributed by atoms with Gasteiger partial charge in [0.1, 0.15) is 12.2 Å². The van der Waals surface area contributed by atoms with E-state index in [0.717, 1.165) is 44.0 Å². The van der Waals surface area contributed by atoms with Gasteiger partial charge in [-0.15, -0.1) is 21.5 Å². The maximum absolute atomic E-state index is 4.42. The molecule has 0 bridgehead atoms. The average molecular weight is 339 g/mol. The fourth-order valence-electron chi connectivity index (χ4n) is 3.34. The van der Waals surface area contributed by atoms with Crippen LogP contribution in [-0.4, -0.2) is 37.7 Å². The number of para-hydroxylation sites is 1. The average Bonchev–Trinajstić information content (AvgIpc) is 3.26. The molecule has 1 aromatic carbocycles. The Bertz CT molecular complexity index is 787. The number of nitrogens with zero attached hydrogens (tertiary/aromatic N) is 5. The fourth-order valence-corrected chi connectivity index (χ4v) is 4.16. The molecular weight excluding hydrogens is 318 g/mol. The first-order valence-electron chi connectivity index (χ1n) is 8.38. The Balaban J connectivity index is 1.44. The number of aryl methyl sites for hydroxylation is 1. The van der Waals surface area contributed by atoms with E-state index in [1.54, 1.807) is 11.3 Å². The van der Waals surface area contributed by atoms with Gasteiger partial charge < -0.3 is 0 Å². The van der Waals surface area contributed by atoms with Crippen molar-refractivity contribution < 1.29 is 0 Å². The van der Waals surface area contributed by atoms with Gasteiger partial charge >= 0.3 is 0 Å². The summed E-state index contributed by atoms with van der Waals surface area (Å²) in [7, 11) is 0. The minimum absolute atomic E-state index is 0.478. The van der Waals surface area contributed by atoms with Gasteiger partial charge in [-0.3, -0.25) is 9.47 Å². The van der Waals surface area contributed by atoms with Gasteiger partial charge in [0, 0.05) is 23.0 Å². The van der Waals surface area contributed by atoms with Crippen LogP contribution in [0.25, 0.3) is 5.69 Å². The molecule has 3 aromatic rings. The molecule has 3 heterocycles. The third-order valence-corrected chi connectivity index (χ3v) is 5.69. The first kappa shape index (κ1) is 15.5. The summed E-state index contributed by atoms with van der Waals surface area (Å²) in [6, 6.07) is 10.4. The van der Waals surface area contributed by atoms with Crippen LogP contribution in [0.15, 0.2) is 42.2 Å². The van der Waals surface area contributed by atoms with Gasteiger partial charge in [-0.25, -0.2) is 4.98 Å².